The second kappa shape index (κ2) is 7.80. The molecule has 1 saturated heterocycles. The maximum absolute atomic E-state index is 13.3. The van der Waals surface area contributed by atoms with E-state index in [0.29, 0.717) is 0 Å². The first-order valence-corrected chi connectivity index (χ1v) is 11.0. The van der Waals surface area contributed by atoms with Crippen molar-refractivity contribution in [3.05, 3.63) is 12.7 Å². The molecule has 30 heavy (non-hydrogen) atoms. The normalized spacial score (nSPS) is 27.4. The number of ether oxygens (including phenoxy) is 1. The topological polar surface area (TPSA) is 233 Å². The molecule has 2 aromatic heterocycles. The fourth-order valence-electron chi connectivity index (χ4n) is 2.53. The Hall–Kier alpha value is -1.65. The number of aliphatic hydroxyl groups excluding tert-OH is 2. The molecule has 15 nitrogen and oxygen atoms in total. The Morgan fingerprint density at radius 2 is 1.87 bits per heavy atom. The van der Waals surface area contributed by atoms with Gasteiger partial charge in [0.2, 0.25) is 0 Å². The number of rotatable bonds is 7. The summed E-state index contributed by atoms with van der Waals surface area (Å²) in [6, 6.07) is 0. The molecule has 5 atom stereocenters. The lowest BCUT2D eigenvalue weighted by molar-refractivity contribution is -0.243. The number of anilines is 1. The molecule has 0 aliphatic carbocycles. The second-order valence-corrected chi connectivity index (χ2v) is 9.82. The summed E-state index contributed by atoms with van der Waals surface area (Å²) >= 11 is 0. The van der Waals surface area contributed by atoms with Gasteiger partial charge in [0.05, 0.1) is 6.33 Å². The number of aromatic nitrogens is 4. The molecule has 168 valence electrons. The van der Waals surface area contributed by atoms with Gasteiger partial charge in [0.25, 0.3) is 0 Å². The monoisotopic (exact) mass is 477 g/mol. The highest BCUT2D eigenvalue weighted by molar-refractivity contribution is 7.72. The molecule has 0 aromatic carbocycles. The summed E-state index contributed by atoms with van der Waals surface area (Å²) in [5.41, 5.74) is 5.96. The van der Waals surface area contributed by atoms with Gasteiger partial charge in [-0.25, -0.2) is 19.8 Å². The largest absolute Gasteiger partial charge is 0.445 e. The van der Waals surface area contributed by atoms with Gasteiger partial charge in [0.15, 0.2) is 17.7 Å². The molecule has 1 fully saturated rings. The van der Waals surface area contributed by atoms with Gasteiger partial charge in [-0.2, -0.15) is 8.78 Å². The number of hydrogen-bond acceptors (Lipinski definition) is 11. The molecule has 1 aliphatic rings. The molecule has 2 aromatic rings. The number of halogens is 2. The van der Waals surface area contributed by atoms with Crippen molar-refractivity contribution in [3.63, 3.8) is 0 Å². The average molecular weight is 477 g/mol. The molecule has 0 radical (unpaired) electrons. The van der Waals surface area contributed by atoms with Crippen LogP contribution in [0.3, 0.4) is 0 Å². The zero-order valence-electron chi connectivity index (χ0n) is 14.5. The van der Waals surface area contributed by atoms with Crippen molar-refractivity contribution in [2.24, 2.45) is 0 Å². The number of alkyl halides is 2. The van der Waals surface area contributed by atoms with Crippen LogP contribution < -0.4 is 5.73 Å². The summed E-state index contributed by atoms with van der Waals surface area (Å²) in [5, 5.41) is 14.8. The summed E-state index contributed by atoms with van der Waals surface area (Å²) in [6.45, 7) is -0.972. The number of imidazole rings is 1. The molecule has 19 heteroatoms. The Kier molecular flexibility index (Phi) is 5.98. The SMILES string of the molecule is Nc1ncnc2c1ncn2[C@@H]1O[C@H](COOP(=O)(O)C(F)(F)P(=O)(O)O)[C@@H](O)[C@H]1O. The van der Waals surface area contributed by atoms with Crippen LogP contribution in [0.2, 0.25) is 0 Å². The zero-order chi connectivity index (χ0) is 22.5. The molecule has 0 saturated carbocycles. The Balaban J connectivity index is 1.70. The van der Waals surface area contributed by atoms with Crippen molar-refractivity contribution in [3.8, 4) is 0 Å². The third-order valence-corrected chi connectivity index (χ3v) is 7.30. The lowest BCUT2D eigenvalue weighted by Crippen LogP contribution is -2.34. The molecule has 0 spiro atoms. The minimum atomic E-state index is -6.35. The average Bonchev–Trinajstić information content (AvgIpc) is 3.18. The van der Waals surface area contributed by atoms with E-state index in [-0.39, 0.29) is 17.0 Å². The van der Waals surface area contributed by atoms with E-state index in [0.717, 1.165) is 6.33 Å². The number of aliphatic hydroxyl groups is 2. The van der Waals surface area contributed by atoms with Crippen molar-refractivity contribution in [2.45, 2.75) is 29.9 Å². The van der Waals surface area contributed by atoms with Gasteiger partial charge >= 0.3 is 20.6 Å². The van der Waals surface area contributed by atoms with Gasteiger partial charge in [0.1, 0.15) is 36.8 Å². The van der Waals surface area contributed by atoms with Crippen molar-refractivity contribution in [2.75, 3.05) is 12.3 Å². The number of nitrogens with two attached hydrogens (primary N) is 1. The lowest BCUT2D eigenvalue weighted by Gasteiger charge is -2.22. The first-order valence-electron chi connectivity index (χ1n) is 7.80. The van der Waals surface area contributed by atoms with Crippen LogP contribution >= 0.6 is 15.2 Å². The van der Waals surface area contributed by atoms with E-state index < -0.39 is 51.7 Å². The summed E-state index contributed by atoms with van der Waals surface area (Å²) in [7, 11) is -12.6. The third-order valence-electron chi connectivity index (χ3n) is 4.07. The number of nitrogens with zero attached hydrogens (tertiary/aromatic N) is 4. The smallest absolute Gasteiger partial charge is 0.387 e. The van der Waals surface area contributed by atoms with Gasteiger partial charge in [-0.05, 0) is 0 Å². The highest BCUT2D eigenvalue weighted by Gasteiger charge is 2.66. The van der Waals surface area contributed by atoms with Crippen LogP contribution in [0.15, 0.2) is 12.7 Å². The van der Waals surface area contributed by atoms with Gasteiger partial charge in [0, 0.05) is 0 Å². The number of hydrogen-bond donors (Lipinski definition) is 6. The van der Waals surface area contributed by atoms with E-state index in [2.05, 4.69) is 24.5 Å². The van der Waals surface area contributed by atoms with Crippen LogP contribution in [-0.4, -0.2) is 74.7 Å². The zero-order valence-corrected chi connectivity index (χ0v) is 16.3. The Morgan fingerprint density at radius 1 is 1.20 bits per heavy atom. The van der Waals surface area contributed by atoms with Crippen molar-refractivity contribution >= 4 is 32.2 Å². The van der Waals surface area contributed by atoms with E-state index in [1.807, 2.05) is 0 Å². The standard InChI is InChI=1S/C11H15F2N5O10P2/c12-11(13,29(21,22)23)30(24,25)28-26-1-4-6(19)7(20)10(27-4)18-3-17-5-8(14)15-2-16-9(5)18/h2-4,6-7,10,19-20H,1H2,(H,24,25)(H2,14,15,16)(H2,21,22,23)/t4-,6-,7-,10-/m1/s1. The summed E-state index contributed by atoms with van der Waals surface area (Å²) in [4.78, 5) is 41.8. The molecule has 0 amide bonds. The van der Waals surface area contributed by atoms with Crippen LogP contribution in [-0.2, 0) is 23.4 Å². The van der Waals surface area contributed by atoms with Crippen LogP contribution in [0, 0.1) is 0 Å². The number of nitrogen functional groups attached to an aromatic ring is 1. The van der Waals surface area contributed by atoms with Crippen LogP contribution in [0.25, 0.3) is 11.2 Å². The van der Waals surface area contributed by atoms with Crippen molar-refractivity contribution in [1.29, 1.82) is 0 Å². The predicted molar refractivity (Wildman–Crippen MR) is 89.5 cm³/mol. The Morgan fingerprint density at radius 3 is 2.50 bits per heavy atom. The minimum absolute atomic E-state index is 0.0322. The second-order valence-electron chi connectivity index (χ2n) is 6.06. The Labute approximate surface area is 164 Å². The minimum Gasteiger partial charge on any atom is -0.387 e. The van der Waals surface area contributed by atoms with E-state index in [1.165, 1.54) is 10.9 Å². The highest BCUT2D eigenvalue weighted by atomic mass is 31.2. The fraction of sp³-hybridized carbons (Fsp3) is 0.545. The lowest BCUT2D eigenvalue weighted by atomic mass is 10.1. The Bertz CT molecular complexity index is 1030. The van der Waals surface area contributed by atoms with E-state index in [1.54, 1.807) is 0 Å². The predicted octanol–water partition coefficient (Wildman–Crippen LogP) is -1.11. The molecule has 1 unspecified atom stereocenters. The van der Waals surface area contributed by atoms with Gasteiger partial charge in [-0.1, -0.05) is 0 Å². The van der Waals surface area contributed by atoms with Crippen LogP contribution in [0.1, 0.15) is 6.23 Å². The first kappa shape index (κ1) is 23.0. The molecular formula is C11H15F2N5O10P2. The third kappa shape index (κ3) is 3.85. The molecular weight excluding hydrogens is 462 g/mol. The maximum Gasteiger partial charge on any atom is 0.445 e. The molecule has 3 heterocycles. The maximum atomic E-state index is 13.3. The van der Waals surface area contributed by atoms with Gasteiger partial charge in [-0.3, -0.25) is 13.7 Å². The summed E-state index contributed by atoms with van der Waals surface area (Å²) in [5.74, 6) is 0.0322. The molecule has 3 rings (SSSR count). The quantitative estimate of drug-likeness (QED) is 0.158. The first-order chi connectivity index (χ1) is 13.8. The van der Waals surface area contributed by atoms with E-state index >= 15 is 0 Å². The summed E-state index contributed by atoms with van der Waals surface area (Å²) in [6.07, 6.45) is -3.77. The van der Waals surface area contributed by atoms with Crippen molar-refractivity contribution < 1.29 is 57.1 Å². The molecule has 1 aliphatic heterocycles. The fourth-order valence-corrected chi connectivity index (χ4v) is 4.24. The molecule has 7 N–H and O–H groups in total. The van der Waals surface area contributed by atoms with Crippen LogP contribution in [0.4, 0.5) is 14.6 Å². The van der Waals surface area contributed by atoms with Gasteiger partial charge < -0.3 is 35.4 Å². The highest BCUT2D eigenvalue weighted by Crippen LogP contribution is 2.73. The van der Waals surface area contributed by atoms with Gasteiger partial charge in [-0.15, -0.1) is 4.67 Å². The number of fused-ring (bicyclic) bond motifs is 1. The summed E-state index contributed by atoms with van der Waals surface area (Å²) < 4.78 is 58.9. The van der Waals surface area contributed by atoms with Crippen molar-refractivity contribution in [1.82, 2.24) is 19.5 Å². The van der Waals surface area contributed by atoms with E-state index in [9.17, 15) is 28.1 Å². The van der Waals surface area contributed by atoms with Crippen LogP contribution in [0.5, 0.6) is 0 Å². The van der Waals surface area contributed by atoms with E-state index in [4.69, 9.17) is 25.2 Å². The molecule has 0 bridgehead atoms.